The van der Waals surface area contributed by atoms with Gasteiger partial charge in [-0.15, -0.1) is 0 Å². The van der Waals surface area contributed by atoms with E-state index in [-0.39, 0.29) is 0 Å². The Labute approximate surface area is 63.2 Å². The molecule has 2 heteroatoms. The van der Waals surface area contributed by atoms with Crippen LogP contribution in [0, 0.1) is 13.8 Å². The fraction of sp³-hybridized carbons (Fsp3) is 0.333. The van der Waals surface area contributed by atoms with Crippen molar-refractivity contribution < 1.29 is 20.4 Å². The molecule has 1 heterocycles. The summed E-state index contributed by atoms with van der Waals surface area (Å²) in [7, 11) is 0.961. The zero-order valence-electron chi connectivity index (χ0n) is 5.08. The molecule has 0 nitrogen and oxygen atoms in total. The molecule has 1 atom stereocenters. The SMILES string of the molecule is Cc1c[pH][c]([Ti])c1C. The third kappa shape index (κ3) is 1.08. The normalized spacial score (nSPS) is 10.6. The molecule has 41 valence electrons. The summed E-state index contributed by atoms with van der Waals surface area (Å²) < 4.78 is 1.56. The summed E-state index contributed by atoms with van der Waals surface area (Å²) in [5, 5.41) is 0. The summed E-state index contributed by atoms with van der Waals surface area (Å²) in [6, 6.07) is 0. The molecule has 8 heavy (non-hydrogen) atoms. The maximum atomic E-state index is 2.31. The van der Waals surface area contributed by atoms with Gasteiger partial charge in [0.15, 0.2) is 0 Å². The van der Waals surface area contributed by atoms with Gasteiger partial charge in [0.05, 0.1) is 0 Å². The van der Waals surface area contributed by atoms with Crippen molar-refractivity contribution in [3.63, 3.8) is 0 Å². The first-order chi connectivity index (χ1) is 3.72. The van der Waals surface area contributed by atoms with Crippen LogP contribution in [0.15, 0.2) is 5.80 Å². The maximum absolute atomic E-state index is 2.31. The molecule has 0 radical (unpaired) electrons. The molecular weight excluding hydrogens is 151 g/mol. The van der Waals surface area contributed by atoms with Crippen LogP contribution >= 0.6 is 8.19 Å². The van der Waals surface area contributed by atoms with E-state index in [1.807, 2.05) is 0 Å². The van der Waals surface area contributed by atoms with Gasteiger partial charge in [0.2, 0.25) is 0 Å². The Hall–Kier alpha value is 0.494. The van der Waals surface area contributed by atoms with E-state index in [1.165, 1.54) is 11.1 Å². The van der Waals surface area contributed by atoms with Crippen molar-refractivity contribution in [1.29, 1.82) is 0 Å². The number of hydrogen-bond donors (Lipinski definition) is 0. The van der Waals surface area contributed by atoms with Crippen molar-refractivity contribution in [2.24, 2.45) is 0 Å². The quantitative estimate of drug-likeness (QED) is 0.503. The van der Waals surface area contributed by atoms with Gasteiger partial charge >= 0.3 is 63.0 Å². The van der Waals surface area contributed by atoms with E-state index in [4.69, 9.17) is 0 Å². The molecule has 0 amide bonds. The minimum atomic E-state index is 0.961. The fourth-order valence-corrected chi connectivity index (χ4v) is 2.23. The van der Waals surface area contributed by atoms with E-state index in [0.29, 0.717) is 0 Å². The first-order valence-electron chi connectivity index (χ1n) is 2.58. The molecule has 1 rings (SSSR count). The third-order valence-corrected chi connectivity index (χ3v) is 3.90. The topological polar surface area (TPSA) is 0 Å². The average molecular weight is 159 g/mol. The van der Waals surface area contributed by atoms with Crippen LogP contribution in [-0.4, -0.2) is 0 Å². The Morgan fingerprint density at radius 2 is 2.12 bits per heavy atom. The summed E-state index contributed by atoms with van der Waals surface area (Å²) >= 11 is 2.21. The van der Waals surface area contributed by atoms with Crippen molar-refractivity contribution in [3.8, 4) is 0 Å². The third-order valence-electron chi connectivity index (χ3n) is 1.40. The van der Waals surface area contributed by atoms with Crippen molar-refractivity contribution in [1.82, 2.24) is 0 Å². The predicted octanol–water partition coefficient (Wildman–Crippen LogP) is 1.51. The second kappa shape index (κ2) is 2.39. The van der Waals surface area contributed by atoms with Gasteiger partial charge in [0.25, 0.3) is 0 Å². The summed E-state index contributed by atoms with van der Waals surface area (Å²) in [5.74, 6) is 2.31. The van der Waals surface area contributed by atoms with Crippen LogP contribution < -0.4 is 3.60 Å². The standard InChI is InChI=1S/C6H8P.Ti/c1-5-3-7-4-6(5)2;/h3,7H,1-2H3;. The van der Waals surface area contributed by atoms with Crippen LogP contribution in [0.2, 0.25) is 0 Å². The van der Waals surface area contributed by atoms with Gasteiger partial charge in [-0.2, -0.15) is 0 Å². The van der Waals surface area contributed by atoms with Gasteiger partial charge < -0.3 is 0 Å². The molecule has 0 N–H and O–H groups in total. The molecule has 1 aromatic rings. The molecular formula is C6H8PTi. The Balaban J connectivity index is 3.19. The zero-order valence-corrected chi connectivity index (χ0v) is 7.64. The molecule has 1 unspecified atom stereocenters. The summed E-state index contributed by atoms with van der Waals surface area (Å²) in [6.07, 6.45) is 0. The van der Waals surface area contributed by atoms with Crippen LogP contribution in [-0.2, 0) is 20.4 Å². The Morgan fingerprint density at radius 3 is 2.25 bits per heavy atom. The van der Waals surface area contributed by atoms with E-state index in [1.54, 1.807) is 3.60 Å². The monoisotopic (exact) mass is 159 g/mol. The Kier molecular flexibility index (Phi) is 1.98. The molecule has 0 spiro atoms. The van der Waals surface area contributed by atoms with Gasteiger partial charge in [0.1, 0.15) is 0 Å². The first kappa shape index (κ1) is 6.61. The van der Waals surface area contributed by atoms with Gasteiger partial charge in [-0.1, -0.05) is 0 Å². The second-order valence-corrected chi connectivity index (χ2v) is 4.61. The molecule has 0 saturated carbocycles. The van der Waals surface area contributed by atoms with Gasteiger partial charge in [0, 0.05) is 0 Å². The number of hydrogen-bond acceptors (Lipinski definition) is 0. The number of rotatable bonds is 0. The van der Waals surface area contributed by atoms with Crippen LogP contribution in [0.4, 0.5) is 0 Å². The van der Waals surface area contributed by atoms with Crippen molar-refractivity contribution >= 4 is 11.8 Å². The van der Waals surface area contributed by atoms with Crippen molar-refractivity contribution in [2.45, 2.75) is 13.8 Å². The molecule has 0 bridgehead atoms. The van der Waals surface area contributed by atoms with E-state index >= 15 is 0 Å². The molecule has 0 fully saturated rings. The fourth-order valence-electron chi connectivity index (χ4n) is 0.594. The van der Waals surface area contributed by atoms with Crippen LogP contribution in [0.25, 0.3) is 0 Å². The van der Waals surface area contributed by atoms with Crippen LogP contribution in [0.1, 0.15) is 11.1 Å². The molecule has 1 aromatic heterocycles. The summed E-state index contributed by atoms with van der Waals surface area (Å²) in [4.78, 5) is 0. The predicted molar refractivity (Wildman–Crippen MR) is 35.1 cm³/mol. The van der Waals surface area contributed by atoms with E-state index in [0.717, 1.165) is 8.19 Å². The average Bonchev–Trinajstić information content (AvgIpc) is 1.98. The Bertz CT molecular complexity index is 171. The minimum absolute atomic E-state index is 0.961. The summed E-state index contributed by atoms with van der Waals surface area (Å²) in [6.45, 7) is 4.38. The van der Waals surface area contributed by atoms with Crippen molar-refractivity contribution in [2.75, 3.05) is 0 Å². The van der Waals surface area contributed by atoms with Crippen molar-refractivity contribution in [3.05, 3.63) is 16.9 Å². The van der Waals surface area contributed by atoms with Gasteiger partial charge in [-0.25, -0.2) is 0 Å². The molecule has 0 aliphatic rings. The van der Waals surface area contributed by atoms with E-state index < -0.39 is 0 Å². The summed E-state index contributed by atoms with van der Waals surface area (Å²) in [5.41, 5.74) is 2.98. The first-order valence-corrected chi connectivity index (χ1v) is 4.44. The molecule has 0 aliphatic carbocycles. The molecule has 0 saturated heterocycles. The number of aryl methyl sites for hydroxylation is 1. The van der Waals surface area contributed by atoms with Gasteiger partial charge in [-0.3, -0.25) is 0 Å². The molecule has 0 aliphatic heterocycles. The van der Waals surface area contributed by atoms with E-state index in [9.17, 15) is 0 Å². The second-order valence-electron chi connectivity index (χ2n) is 1.97. The van der Waals surface area contributed by atoms with Crippen LogP contribution in [0.5, 0.6) is 0 Å². The van der Waals surface area contributed by atoms with E-state index in [2.05, 4.69) is 40.1 Å². The molecule has 0 aromatic carbocycles. The zero-order chi connectivity index (χ0) is 6.15. The Morgan fingerprint density at radius 1 is 1.50 bits per heavy atom. The van der Waals surface area contributed by atoms with Crippen LogP contribution in [0.3, 0.4) is 0 Å². The van der Waals surface area contributed by atoms with Gasteiger partial charge in [-0.05, 0) is 0 Å².